The molecule has 0 saturated carbocycles. The second-order valence-corrected chi connectivity index (χ2v) is 5.93. The van der Waals surface area contributed by atoms with Gasteiger partial charge in [0.15, 0.2) is 0 Å². The number of hydrogen-bond donors (Lipinski definition) is 2. The van der Waals surface area contributed by atoms with E-state index < -0.39 is 0 Å². The lowest BCUT2D eigenvalue weighted by molar-refractivity contribution is 0.0954. The lowest BCUT2D eigenvalue weighted by Crippen LogP contribution is -2.23. The van der Waals surface area contributed by atoms with Crippen molar-refractivity contribution >= 4 is 27.7 Å². The highest BCUT2D eigenvalue weighted by molar-refractivity contribution is 5.98. The molecule has 0 unspecified atom stereocenters. The van der Waals surface area contributed by atoms with Crippen LogP contribution in [0.1, 0.15) is 10.5 Å². The Hall–Kier alpha value is -3.78. The first-order chi connectivity index (χ1) is 13.3. The van der Waals surface area contributed by atoms with E-state index in [4.69, 9.17) is 4.74 Å². The maximum atomic E-state index is 12.2. The minimum absolute atomic E-state index is 0.181. The molecule has 0 fully saturated rings. The normalized spacial score (nSPS) is 10.4. The summed E-state index contributed by atoms with van der Waals surface area (Å²) in [6, 6.07) is 19.2. The highest BCUT2D eigenvalue weighted by Crippen LogP contribution is 2.22. The first kappa shape index (κ1) is 16.7. The highest BCUT2D eigenvalue weighted by Gasteiger charge is 2.07. The summed E-state index contributed by atoms with van der Waals surface area (Å²) in [6.45, 7) is 0.489. The Morgan fingerprint density at radius 2 is 1.89 bits per heavy atom. The molecule has 2 N–H and O–H groups in total. The number of hydrogen-bond acceptors (Lipinski definition) is 3. The quantitative estimate of drug-likeness (QED) is 0.550. The van der Waals surface area contributed by atoms with Crippen molar-refractivity contribution in [2.45, 2.75) is 0 Å². The van der Waals surface area contributed by atoms with Gasteiger partial charge in [0.1, 0.15) is 23.6 Å². The maximum Gasteiger partial charge on any atom is 0.268 e. The Morgan fingerprint density at radius 3 is 2.81 bits per heavy atom. The third kappa shape index (κ3) is 3.75. The van der Waals surface area contributed by atoms with Gasteiger partial charge in [0.05, 0.1) is 6.54 Å². The van der Waals surface area contributed by atoms with Crippen LogP contribution in [0.3, 0.4) is 0 Å². The van der Waals surface area contributed by atoms with Gasteiger partial charge in [-0.05, 0) is 24.3 Å². The van der Waals surface area contributed by atoms with Crippen LogP contribution >= 0.6 is 0 Å². The van der Waals surface area contributed by atoms with E-state index in [1.54, 1.807) is 6.20 Å². The van der Waals surface area contributed by atoms with E-state index in [0.717, 1.165) is 21.8 Å². The fraction of sp³-hybridized carbons (Fsp3) is 0.0909. The van der Waals surface area contributed by atoms with Crippen LogP contribution in [0.2, 0.25) is 0 Å². The molecule has 0 bridgehead atoms. The predicted molar refractivity (Wildman–Crippen MR) is 106 cm³/mol. The summed E-state index contributed by atoms with van der Waals surface area (Å²) in [4.78, 5) is 19.6. The summed E-state index contributed by atoms with van der Waals surface area (Å²) >= 11 is 0. The minimum atomic E-state index is -0.181. The molecule has 0 saturated heterocycles. The molecular weight excluding hydrogens is 338 g/mol. The minimum Gasteiger partial charge on any atom is -0.479 e. The number of para-hydroxylation sites is 2. The second kappa shape index (κ2) is 7.63. The number of amides is 1. The first-order valence-electron chi connectivity index (χ1n) is 8.59. The Bertz CT molecular complexity index is 1130. The number of nitrogens with one attached hydrogen (secondary N) is 2. The molecular formula is C22H17N3O2. The largest absolute Gasteiger partial charge is 0.479 e. The summed E-state index contributed by atoms with van der Waals surface area (Å²) in [7, 11) is 0. The third-order valence-corrected chi connectivity index (χ3v) is 4.13. The van der Waals surface area contributed by atoms with E-state index in [2.05, 4.69) is 27.1 Å². The van der Waals surface area contributed by atoms with Crippen LogP contribution in [0.15, 0.2) is 66.9 Å². The fourth-order valence-electron chi connectivity index (χ4n) is 2.84. The zero-order chi connectivity index (χ0) is 18.5. The molecule has 5 heteroatoms. The van der Waals surface area contributed by atoms with E-state index in [9.17, 15) is 4.79 Å². The zero-order valence-corrected chi connectivity index (χ0v) is 14.5. The molecule has 0 atom stereocenters. The van der Waals surface area contributed by atoms with Gasteiger partial charge < -0.3 is 15.0 Å². The van der Waals surface area contributed by atoms with Gasteiger partial charge in [-0.25, -0.2) is 0 Å². The molecule has 0 aliphatic rings. The molecule has 2 aromatic carbocycles. The number of carbonyl (C=O) groups is 1. The topological polar surface area (TPSA) is 67.0 Å². The number of ether oxygens (including phenoxy) is 1. The number of carbonyl (C=O) groups excluding carboxylic acids is 1. The molecule has 2 aromatic heterocycles. The van der Waals surface area contributed by atoms with Crippen LogP contribution in [-0.2, 0) is 0 Å². The number of aromatic nitrogens is 2. The van der Waals surface area contributed by atoms with E-state index in [1.165, 1.54) is 0 Å². The summed E-state index contributed by atoms with van der Waals surface area (Å²) < 4.78 is 5.70. The van der Waals surface area contributed by atoms with Gasteiger partial charge in [-0.1, -0.05) is 48.2 Å². The van der Waals surface area contributed by atoms with Gasteiger partial charge in [-0.2, -0.15) is 0 Å². The number of pyridine rings is 1. The molecule has 5 nitrogen and oxygen atoms in total. The molecule has 4 aromatic rings. The monoisotopic (exact) mass is 355 g/mol. The Labute approximate surface area is 156 Å². The predicted octanol–water partition coefficient (Wildman–Crippen LogP) is 3.53. The number of fused-ring (bicyclic) bond motifs is 2. The first-order valence-corrected chi connectivity index (χ1v) is 8.59. The summed E-state index contributed by atoms with van der Waals surface area (Å²) in [6.07, 6.45) is 1.74. The number of nitrogens with zero attached hydrogens (tertiary/aromatic N) is 1. The zero-order valence-electron chi connectivity index (χ0n) is 14.5. The van der Waals surface area contributed by atoms with Crippen molar-refractivity contribution in [3.63, 3.8) is 0 Å². The van der Waals surface area contributed by atoms with Crippen molar-refractivity contribution in [2.24, 2.45) is 0 Å². The SMILES string of the molecule is O=C(NCC#CCOc1cccc2cccnc12)c1cc2ccccc2[nH]1. The Balaban J connectivity index is 1.31. The highest BCUT2D eigenvalue weighted by atomic mass is 16.5. The number of aromatic amines is 1. The van der Waals surface area contributed by atoms with Gasteiger partial charge in [-0.3, -0.25) is 9.78 Å². The van der Waals surface area contributed by atoms with Gasteiger partial charge in [0, 0.05) is 22.5 Å². The van der Waals surface area contributed by atoms with Gasteiger partial charge >= 0.3 is 0 Å². The molecule has 4 rings (SSSR count). The van der Waals surface area contributed by atoms with Crippen LogP contribution in [0.4, 0.5) is 0 Å². The summed E-state index contributed by atoms with van der Waals surface area (Å²) in [5, 5.41) is 4.80. The molecule has 27 heavy (non-hydrogen) atoms. The number of benzene rings is 2. The summed E-state index contributed by atoms with van der Waals surface area (Å²) in [5.41, 5.74) is 2.27. The fourth-order valence-corrected chi connectivity index (χ4v) is 2.84. The van der Waals surface area contributed by atoms with Gasteiger partial charge in [0.2, 0.25) is 0 Å². The van der Waals surface area contributed by atoms with E-state index in [-0.39, 0.29) is 19.1 Å². The average molecular weight is 355 g/mol. The third-order valence-electron chi connectivity index (χ3n) is 4.13. The van der Waals surface area contributed by atoms with Crippen molar-refractivity contribution < 1.29 is 9.53 Å². The Kier molecular flexibility index (Phi) is 4.71. The molecule has 1 amide bonds. The molecule has 0 spiro atoms. The van der Waals surface area contributed by atoms with Crippen LogP contribution in [0.25, 0.3) is 21.8 Å². The van der Waals surface area contributed by atoms with Gasteiger partial charge in [0.25, 0.3) is 5.91 Å². The lowest BCUT2D eigenvalue weighted by atomic mass is 10.2. The average Bonchev–Trinajstić information content (AvgIpc) is 3.15. The van der Waals surface area contributed by atoms with Crippen molar-refractivity contribution in [3.05, 3.63) is 72.6 Å². The molecule has 0 aliphatic heterocycles. The molecule has 132 valence electrons. The van der Waals surface area contributed by atoms with E-state index in [1.807, 2.05) is 60.7 Å². The maximum absolute atomic E-state index is 12.2. The van der Waals surface area contributed by atoms with Crippen LogP contribution in [-0.4, -0.2) is 29.0 Å². The van der Waals surface area contributed by atoms with Gasteiger partial charge in [-0.15, -0.1) is 0 Å². The second-order valence-electron chi connectivity index (χ2n) is 5.93. The Morgan fingerprint density at radius 1 is 1.04 bits per heavy atom. The number of rotatable bonds is 4. The standard InChI is InChI=1S/C22H17N3O2/c26-22(19-15-17-7-1-2-10-18(17)25-19)24-12-3-4-14-27-20-11-5-8-16-9-6-13-23-21(16)20/h1-2,5-11,13,15,25H,12,14H2,(H,24,26). The summed E-state index contributed by atoms with van der Waals surface area (Å²) in [5.74, 6) is 6.32. The molecule has 0 radical (unpaired) electrons. The van der Waals surface area contributed by atoms with Crippen molar-refractivity contribution in [1.29, 1.82) is 0 Å². The van der Waals surface area contributed by atoms with Crippen molar-refractivity contribution in [3.8, 4) is 17.6 Å². The van der Waals surface area contributed by atoms with Crippen LogP contribution < -0.4 is 10.1 Å². The van der Waals surface area contributed by atoms with Crippen molar-refractivity contribution in [2.75, 3.05) is 13.2 Å². The van der Waals surface area contributed by atoms with Crippen LogP contribution in [0.5, 0.6) is 5.75 Å². The van der Waals surface area contributed by atoms with Crippen LogP contribution in [0, 0.1) is 11.8 Å². The van der Waals surface area contributed by atoms with E-state index in [0.29, 0.717) is 11.4 Å². The lowest BCUT2D eigenvalue weighted by Gasteiger charge is -2.05. The van der Waals surface area contributed by atoms with Crippen molar-refractivity contribution in [1.82, 2.24) is 15.3 Å². The van der Waals surface area contributed by atoms with E-state index >= 15 is 0 Å². The smallest absolute Gasteiger partial charge is 0.268 e. The molecule has 0 aliphatic carbocycles. The molecule has 2 heterocycles. The number of H-pyrrole nitrogens is 1.